The van der Waals surface area contributed by atoms with E-state index >= 15 is 0 Å². The molecule has 38 heavy (non-hydrogen) atoms. The van der Waals surface area contributed by atoms with E-state index in [0.717, 1.165) is 52.1 Å². The van der Waals surface area contributed by atoms with Crippen molar-refractivity contribution < 1.29 is 28.9 Å². The molecule has 206 valence electrons. The Morgan fingerprint density at radius 3 is 2.39 bits per heavy atom. The maximum absolute atomic E-state index is 12.5. The predicted octanol–water partition coefficient (Wildman–Crippen LogP) is 4.94. The number of piperidine rings is 1. The fourth-order valence-corrected chi connectivity index (χ4v) is 5.75. The maximum atomic E-state index is 12.5. The van der Waals surface area contributed by atoms with Gasteiger partial charge in [-0.25, -0.2) is 4.79 Å². The molecule has 1 aliphatic carbocycles. The Bertz CT molecular complexity index is 1150. The van der Waals surface area contributed by atoms with E-state index in [2.05, 4.69) is 11.4 Å². The predicted molar refractivity (Wildman–Crippen MR) is 147 cm³/mol. The van der Waals surface area contributed by atoms with Crippen molar-refractivity contribution in [1.29, 1.82) is 0 Å². The van der Waals surface area contributed by atoms with Crippen molar-refractivity contribution in [2.75, 3.05) is 39.2 Å². The molecule has 1 heterocycles. The highest BCUT2D eigenvalue weighted by Gasteiger charge is 2.42. The molecule has 4 rings (SSSR count). The Morgan fingerprint density at radius 1 is 1.05 bits per heavy atom. The molecular weight excluding hydrogens is 484 g/mol. The number of benzene rings is 2. The zero-order valence-corrected chi connectivity index (χ0v) is 23.0. The largest absolute Gasteiger partial charge is 0.497 e. The highest BCUT2D eigenvalue weighted by atomic mass is 16.5. The molecule has 0 radical (unpaired) electrons. The average Bonchev–Trinajstić information content (AvgIpc) is 3.41. The number of carbonyl (C=O) groups excluding carboxylic acids is 1. The molecule has 2 aliphatic rings. The first-order chi connectivity index (χ1) is 18.2. The van der Waals surface area contributed by atoms with Gasteiger partial charge in [0, 0.05) is 25.9 Å². The number of nitrogens with zero attached hydrogens (tertiary/aromatic N) is 1. The number of methoxy groups -OCH3 is 2. The van der Waals surface area contributed by atoms with Gasteiger partial charge >= 0.3 is 5.97 Å². The molecule has 2 aromatic rings. The van der Waals surface area contributed by atoms with Crippen molar-refractivity contribution in [1.82, 2.24) is 4.90 Å². The van der Waals surface area contributed by atoms with Gasteiger partial charge in [-0.05, 0) is 91.6 Å². The van der Waals surface area contributed by atoms with Crippen LogP contribution in [-0.2, 0) is 25.7 Å². The number of rotatable bonds is 10. The van der Waals surface area contributed by atoms with Crippen LogP contribution in [0.4, 0.5) is 5.69 Å². The number of carboxylic acids is 1. The number of amides is 1. The summed E-state index contributed by atoms with van der Waals surface area (Å²) in [6.07, 6.45) is 5.40. The lowest BCUT2D eigenvalue weighted by atomic mass is 9.86. The molecule has 1 amide bonds. The standard InChI is InChI=1S/C30H40N2O6/c1-20-13-22(17-26(14-20)37-4)28-21(2)15-24(16-23(28)18-38-25-7-5-6-8-25)31-30(29(34)35)9-11-32(12-10-30)27(33)19-36-3/h13-17,25,31H,5-12,18-19H2,1-4H3,(H,34,35). The minimum absolute atomic E-state index is 0.00224. The zero-order valence-electron chi connectivity index (χ0n) is 23.0. The van der Waals surface area contributed by atoms with E-state index < -0.39 is 11.5 Å². The Morgan fingerprint density at radius 2 is 1.76 bits per heavy atom. The van der Waals surface area contributed by atoms with Gasteiger partial charge in [0.2, 0.25) is 5.91 Å². The number of likely N-dealkylation sites (tertiary alicyclic amines) is 1. The number of anilines is 1. The highest BCUT2D eigenvalue weighted by molar-refractivity contribution is 5.85. The summed E-state index contributed by atoms with van der Waals surface area (Å²) in [5, 5.41) is 13.6. The highest BCUT2D eigenvalue weighted by Crippen LogP contribution is 2.37. The van der Waals surface area contributed by atoms with Crippen molar-refractivity contribution in [3.63, 3.8) is 0 Å². The van der Waals surface area contributed by atoms with Crippen LogP contribution in [0.5, 0.6) is 5.75 Å². The van der Waals surface area contributed by atoms with E-state index in [1.807, 2.05) is 38.1 Å². The molecule has 8 heteroatoms. The van der Waals surface area contributed by atoms with E-state index in [9.17, 15) is 14.7 Å². The summed E-state index contributed by atoms with van der Waals surface area (Å²) in [5.74, 6) is -0.235. The van der Waals surface area contributed by atoms with Crippen LogP contribution in [0, 0.1) is 13.8 Å². The SMILES string of the molecule is COCC(=O)N1CCC(Nc2cc(C)c(-c3cc(C)cc(OC)c3)c(COC3CCCC3)c2)(C(=O)O)CC1. The minimum Gasteiger partial charge on any atom is -0.497 e. The van der Waals surface area contributed by atoms with Crippen molar-refractivity contribution in [3.05, 3.63) is 47.0 Å². The van der Waals surface area contributed by atoms with Crippen LogP contribution >= 0.6 is 0 Å². The van der Waals surface area contributed by atoms with Crippen molar-refractivity contribution in [2.45, 2.75) is 70.6 Å². The quantitative estimate of drug-likeness (QED) is 0.454. The molecule has 0 atom stereocenters. The zero-order chi connectivity index (χ0) is 27.3. The Hall–Kier alpha value is -3.10. The summed E-state index contributed by atoms with van der Waals surface area (Å²) < 4.78 is 16.8. The molecule has 8 nitrogen and oxygen atoms in total. The number of nitrogens with one attached hydrogen (secondary N) is 1. The van der Waals surface area contributed by atoms with Crippen LogP contribution in [-0.4, -0.2) is 67.4 Å². The summed E-state index contributed by atoms with van der Waals surface area (Å²) in [5.41, 5.74) is 4.86. The van der Waals surface area contributed by atoms with Gasteiger partial charge in [0.05, 0.1) is 19.8 Å². The van der Waals surface area contributed by atoms with Gasteiger partial charge in [0.1, 0.15) is 17.9 Å². The second kappa shape index (κ2) is 12.2. The summed E-state index contributed by atoms with van der Waals surface area (Å²) in [6.45, 7) is 5.27. The van der Waals surface area contributed by atoms with Gasteiger partial charge in [-0.3, -0.25) is 4.79 Å². The summed E-state index contributed by atoms with van der Waals surface area (Å²) >= 11 is 0. The smallest absolute Gasteiger partial charge is 0.329 e. The normalized spacial score (nSPS) is 17.4. The fourth-order valence-electron chi connectivity index (χ4n) is 5.75. The average molecular weight is 525 g/mol. The fraction of sp³-hybridized carbons (Fsp3) is 0.533. The molecule has 0 aromatic heterocycles. The molecule has 0 spiro atoms. The monoisotopic (exact) mass is 524 g/mol. The van der Waals surface area contributed by atoms with Crippen molar-refractivity contribution in [2.24, 2.45) is 0 Å². The summed E-state index contributed by atoms with van der Waals surface area (Å²) in [4.78, 5) is 26.5. The lowest BCUT2D eigenvalue weighted by Crippen LogP contribution is -2.55. The molecule has 1 saturated heterocycles. The van der Waals surface area contributed by atoms with Gasteiger partial charge < -0.3 is 29.5 Å². The minimum atomic E-state index is -1.16. The Kier molecular flexibility index (Phi) is 8.95. The number of carboxylic acid groups (broad SMARTS) is 1. The first-order valence-electron chi connectivity index (χ1n) is 13.4. The Labute approximate surface area is 225 Å². The van der Waals surface area contributed by atoms with Gasteiger partial charge in [-0.15, -0.1) is 0 Å². The number of carbonyl (C=O) groups is 2. The third-order valence-electron chi connectivity index (χ3n) is 7.80. The molecule has 1 aliphatic heterocycles. The topological polar surface area (TPSA) is 97.3 Å². The van der Waals surface area contributed by atoms with E-state index in [4.69, 9.17) is 14.2 Å². The van der Waals surface area contributed by atoms with Gasteiger partial charge in [0.15, 0.2) is 0 Å². The molecule has 2 N–H and O–H groups in total. The number of hydrogen-bond donors (Lipinski definition) is 2. The van der Waals surface area contributed by atoms with E-state index in [1.165, 1.54) is 20.0 Å². The second-order valence-corrected chi connectivity index (χ2v) is 10.6. The molecule has 0 bridgehead atoms. The van der Waals surface area contributed by atoms with Crippen molar-refractivity contribution in [3.8, 4) is 16.9 Å². The van der Waals surface area contributed by atoms with Crippen LogP contribution < -0.4 is 10.1 Å². The molecule has 1 saturated carbocycles. The lowest BCUT2D eigenvalue weighted by molar-refractivity contribution is -0.147. The Balaban J connectivity index is 1.65. The van der Waals surface area contributed by atoms with Gasteiger partial charge in [-0.2, -0.15) is 0 Å². The summed E-state index contributed by atoms with van der Waals surface area (Å²) in [6, 6.07) is 10.2. The van der Waals surface area contributed by atoms with Crippen LogP contribution in [0.3, 0.4) is 0 Å². The van der Waals surface area contributed by atoms with Gasteiger partial charge in [-0.1, -0.05) is 18.9 Å². The number of ether oxygens (including phenoxy) is 3. The third-order valence-corrected chi connectivity index (χ3v) is 7.80. The summed E-state index contributed by atoms with van der Waals surface area (Å²) in [7, 11) is 3.15. The first kappa shape index (κ1) is 27.9. The number of aliphatic carboxylic acids is 1. The second-order valence-electron chi connectivity index (χ2n) is 10.6. The lowest BCUT2D eigenvalue weighted by Gasteiger charge is -2.40. The molecule has 2 aromatic carbocycles. The first-order valence-corrected chi connectivity index (χ1v) is 13.4. The molecular formula is C30H40N2O6. The van der Waals surface area contributed by atoms with Crippen LogP contribution in [0.1, 0.15) is 55.2 Å². The van der Waals surface area contributed by atoms with Crippen LogP contribution in [0.15, 0.2) is 30.3 Å². The third kappa shape index (κ3) is 6.30. The van der Waals surface area contributed by atoms with Crippen LogP contribution in [0.2, 0.25) is 0 Å². The van der Waals surface area contributed by atoms with Crippen molar-refractivity contribution >= 4 is 17.6 Å². The molecule has 0 unspecified atom stereocenters. The van der Waals surface area contributed by atoms with E-state index in [1.54, 1.807) is 12.0 Å². The van der Waals surface area contributed by atoms with Gasteiger partial charge in [0.25, 0.3) is 0 Å². The number of aryl methyl sites for hydroxylation is 2. The maximum Gasteiger partial charge on any atom is 0.329 e. The molecule has 2 fully saturated rings. The van der Waals surface area contributed by atoms with Crippen LogP contribution in [0.25, 0.3) is 11.1 Å². The number of hydrogen-bond acceptors (Lipinski definition) is 6. The van der Waals surface area contributed by atoms with E-state index in [0.29, 0.717) is 32.5 Å². The van der Waals surface area contributed by atoms with E-state index in [-0.39, 0.29) is 18.6 Å².